The average molecular weight is 383 g/mol. The van der Waals surface area contributed by atoms with E-state index in [4.69, 9.17) is 15.6 Å². The molecule has 1 aromatic carbocycles. The molecule has 3 fully saturated rings. The number of pyridine rings is 1. The van der Waals surface area contributed by atoms with Crippen molar-refractivity contribution in [3.8, 4) is 5.75 Å². The molecule has 3 aliphatic rings. The Balaban J connectivity index is 1.66. The van der Waals surface area contributed by atoms with Crippen LogP contribution >= 0.6 is 0 Å². The van der Waals surface area contributed by atoms with Crippen molar-refractivity contribution in [2.75, 3.05) is 18.0 Å². The van der Waals surface area contributed by atoms with E-state index in [0.717, 1.165) is 42.7 Å². The molecule has 1 spiro atoms. The molecule has 3 N–H and O–H groups in total. The fourth-order valence-corrected chi connectivity index (χ4v) is 4.95. The quantitative estimate of drug-likeness (QED) is 0.791. The summed E-state index contributed by atoms with van der Waals surface area (Å²) in [4.78, 5) is 26.2. The molecule has 148 valence electrons. The molecule has 7 heteroatoms. The summed E-state index contributed by atoms with van der Waals surface area (Å²) in [6.07, 6.45) is 4.47. The van der Waals surface area contributed by atoms with Gasteiger partial charge in [0.25, 0.3) is 0 Å². The number of anilines is 1. The minimum atomic E-state index is -1.47. The van der Waals surface area contributed by atoms with Crippen LogP contribution in [0.2, 0.25) is 0 Å². The number of carbonyl (C=O) groups is 1. The number of nitrogens with two attached hydrogens (primary N) is 1. The molecule has 1 saturated heterocycles. The van der Waals surface area contributed by atoms with Gasteiger partial charge >= 0.3 is 6.16 Å². The highest BCUT2D eigenvalue weighted by molar-refractivity contribution is 5.89. The van der Waals surface area contributed by atoms with Gasteiger partial charge in [-0.2, -0.15) is 0 Å². The monoisotopic (exact) mass is 383 g/mol. The Kier molecular flexibility index (Phi) is 3.45. The largest absolute Gasteiger partial charge is 0.511 e. The number of hydrogen-bond acceptors (Lipinski definition) is 5. The maximum atomic E-state index is 12.8. The molecular formula is C21H25N3O4. The predicted octanol–water partition coefficient (Wildman–Crippen LogP) is 3.02. The number of nitrogens with zero attached hydrogens (tertiary/aromatic N) is 2. The summed E-state index contributed by atoms with van der Waals surface area (Å²) in [5.41, 5.74) is 9.26. The molecule has 28 heavy (non-hydrogen) atoms. The minimum Gasteiger partial charge on any atom is -0.449 e. The maximum absolute atomic E-state index is 12.8. The maximum Gasteiger partial charge on any atom is 0.511 e. The van der Waals surface area contributed by atoms with E-state index in [2.05, 4.69) is 11.8 Å². The lowest BCUT2D eigenvalue weighted by atomic mass is 9.87. The molecule has 0 bridgehead atoms. The fourth-order valence-electron chi connectivity index (χ4n) is 4.95. The van der Waals surface area contributed by atoms with Gasteiger partial charge < -0.3 is 25.0 Å². The number of hydrogen-bond donors (Lipinski definition) is 2. The van der Waals surface area contributed by atoms with Crippen LogP contribution in [0.5, 0.6) is 5.75 Å². The van der Waals surface area contributed by atoms with Gasteiger partial charge in [-0.05, 0) is 57.2 Å². The van der Waals surface area contributed by atoms with Crippen molar-refractivity contribution in [1.82, 2.24) is 4.57 Å². The first-order valence-corrected chi connectivity index (χ1v) is 9.85. The van der Waals surface area contributed by atoms with Crippen LogP contribution in [0.1, 0.15) is 44.2 Å². The number of aryl methyl sites for hydroxylation is 1. The van der Waals surface area contributed by atoms with Crippen molar-refractivity contribution >= 4 is 22.7 Å². The fraction of sp³-hybridized carbons (Fsp3) is 0.524. The molecule has 2 aromatic rings. The Hall–Kier alpha value is -2.54. The molecule has 0 amide bonds. The van der Waals surface area contributed by atoms with Crippen LogP contribution in [-0.4, -0.2) is 34.5 Å². The first-order chi connectivity index (χ1) is 13.2. The van der Waals surface area contributed by atoms with Gasteiger partial charge in [-0.1, -0.05) is 0 Å². The third-order valence-corrected chi connectivity index (χ3v) is 6.94. The zero-order valence-corrected chi connectivity index (χ0v) is 16.2. The highest BCUT2D eigenvalue weighted by atomic mass is 16.7. The van der Waals surface area contributed by atoms with Crippen molar-refractivity contribution in [2.45, 2.75) is 51.1 Å². The van der Waals surface area contributed by atoms with Crippen LogP contribution in [0, 0.1) is 12.3 Å². The first kappa shape index (κ1) is 17.6. The first-order valence-electron chi connectivity index (χ1n) is 9.85. The summed E-state index contributed by atoms with van der Waals surface area (Å²) in [6.45, 7) is 5.93. The molecule has 1 atom stereocenters. The van der Waals surface area contributed by atoms with Crippen molar-refractivity contribution in [3.63, 3.8) is 0 Å². The molecule has 2 heterocycles. The topological polar surface area (TPSA) is 97.8 Å². The Morgan fingerprint density at radius 3 is 2.57 bits per heavy atom. The summed E-state index contributed by atoms with van der Waals surface area (Å²) in [5.74, 6) is -0.133. The molecule has 1 aliphatic heterocycles. The Morgan fingerprint density at radius 2 is 2.00 bits per heavy atom. The van der Waals surface area contributed by atoms with Crippen LogP contribution in [0.25, 0.3) is 10.9 Å². The van der Waals surface area contributed by atoms with Crippen LogP contribution in [0.4, 0.5) is 10.5 Å². The van der Waals surface area contributed by atoms with Gasteiger partial charge in [-0.3, -0.25) is 4.79 Å². The number of aromatic nitrogens is 1. The van der Waals surface area contributed by atoms with Crippen molar-refractivity contribution in [3.05, 3.63) is 34.1 Å². The van der Waals surface area contributed by atoms with Crippen molar-refractivity contribution in [2.24, 2.45) is 11.1 Å². The molecule has 2 aliphatic carbocycles. The van der Waals surface area contributed by atoms with E-state index in [0.29, 0.717) is 5.39 Å². The predicted molar refractivity (Wildman–Crippen MR) is 106 cm³/mol. The van der Waals surface area contributed by atoms with E-state index in [1.54, 1.807) is 12.3 Å². The molecule has 2 saturated carbocycles. The number of fused-ring (bicyclic) bond motifs is 1. The molecule has 5 rings (SSSR count). The number of rotatable bonds is 3. The number of ether oxygens (including phenoxy) is 1. The summed E-state index contributed by atoms with van der Waals surface area (Å²) >= 11 is 0. The second kappa shape index (κ2) is 5.50. The van der Waals surface area contributed by atoms with E-state index in [1.807, 2.05) is 17.6 Å². The van der Waals surface area contributed by atoms with Crippen LogP contribution < -0.4 is 20.8 Å². The Morgan fingerprint density at radius 1 is 1.29 bits per heavy atom. The third-order valence-electron chi connectivity index (χ3n) is 6.94. The van der Waals surface area contributed by atoms with Crippen LogP contribution in [0.15, 0.2) is 23.1 Å². The summed E-state index contributed by atoms with van der Waals surface area (Å²) in [5, 5.41) is 9.47. The lowest BCUT2D eigenvalue weighted by molar-refractivity contribution is 0.143. The van der Waals surface area contributed by atoms with E-state index in [9.17, 15) is 9.59 Å². The van der Waals surface area contributed by atoms with Gasteiger partial charge in [0.15, 0.2) is 5.75 Å². The van der Waals surface area contributed by atoms with Gasteiger partial charge in [0, 0.05) is 35.8 Å². The average Bonchev–Trinajstić information content (AvgIpc) is 3.50. The molecule has 7 nitrogen and oxygen atoms in total. The normalized spacial score (nSPS) is 25.5. The van der Waals surface area contributed by atoms with Gasteiger partial charge in [0.2, 0.25) is 5.43 Å². The van der Waals surface area contributed by atoms with E-state index >= 15 is 0 Å². The number of carboxylic acid groups (broad SMARTS) is 1. The van der Waals surface area contributed by atoms with E-state index in [-0.39, 0.29) is 28.2 Å². The molecule has 1 aromatic heterocycles. The van der Waals surface area contributed by atoms with E-state index < -0.39 is 6.16 Å². The standard InChI is InChI=1S/C21H25N3O4/c1-12-15(23-10-20(2,22)21(11-23)7-8-21)6-5-14-17(12)24(13-3-4-13)9-16(18(14)25)28-19(26)27/h5-6,9,13H,3-4,7-8,10-11,22H2,1-2H3,(H,26,27)/t20-/m1/s1. The summed E-state index contributed by atoms with van der Waals surface area (Å²) < 4.78 is 6.79. The van der Waals surface area contributed by atoms with Gasteiger partial charge in [0.1, 0.15) is 0 Å². The van der Waals surface area contributed by atoms with Gasteiger partial charge in [-0.15, -0.1) is 0 Å². The second-order valence-electron chi connectivity index (χ2n) is 8.99. The highest BCUT2D eigenvalue weighted by Crippen LogP contribution is 2.58. The molecular weight excluding hydrogens is 358 g/mol. The zero-order valence-electron chi connectivity index (χ0n) is 16.2. The van der Waals surface area contributed by atoms with Gasteiger partial charge in [-0.25, -0.2) is 4.79 Å². The third kappa shape index (κ3) is 2.45. The van der Waals surface area contributed by atoms with Gasteiger partial charge in [0.05, 0.1) is 17.1 Å². The smallest absolute Gasteiger partial charge is 0.449 e. The lowest BCUT2D eigenvalue weighted by Gasteiger charge is -2.25. The van der Waals surface area contributed by atoms with Crippen LogP contribution in [-0.2, 0) is 0 Å². The second-order valence-corrected chi connectivity index (χ2v) is 8.99. The Bertz CT molecular complexity index is 1060. The SMILES string of the molecule is Cc1c(N2CC3(CC3)[C@](C)(N)C2)ccc2c(=O)c(OC(=O)O)cn(C3CC3)c12. The van der Waals surface area contributed by atoms with Crippen LogP contribution in [0.3, 0.4) is 0 Å². The van der Waals surface area contributed by atoms with E-state index in [1.165, 1.54) is 12.8 Å². The highest BCUT2D eigenvalue weighted by Gasteiger charge is 2.60. The van der Waals surface area contributed by atoms with Crippen molar-refractivity contribution < 1.29 is 14.6 Å². The molecule has 0 radical (unpaired) electrons. The molecule has 0 unspecified atom stereocenters. The van der Waals surface area contributed by atoms with Crippen molar-refractivity contribution in [1.29, 1.82) is 0 Å². The summed E-state index contributed by atoms with van der Waals surface area (Å²) in [7, 11) is 0. The number of benzene rings is 1. The summed E-state index contributed by atoms with van der Waals surface area (Å²) in [6, 6.07) is 4.05. The minimum absolute atomic E-state index is 0.133. The lowest BCUT2D eigenvalue weighted by Crippen LogP contribution is -2.45. The zero-order chi connectivity index (χ0) is 19.8. The Labute approximate surface area is 162 Å².